The van der Waals surface area contributed by atoms with E-state index in [1.807, 2.05) is 72.8 Å². The summed E-state index contributed by atoms with van der Waals surface area (Å²) in [4.78, 5) is 143. The van der Waals surface area contributed by atoms with Gasteiger partial charge >= 0.3 is 46.6 Å². The first-order valence-electron chi connectivity index (χ1n) is 28.1. The zero-order chi connectivity index (χ0) is 66.0. The van der Waals surface area contributed by atoms with Crippen molar-refractivity contribution in [1.29, 1.82) is 0 Å². The highest BCUT2D eigenvalue weighted by Crippen LogP contribution is 2.16. The normalized spacial score (nSPS) is 10.7. The lowest BCUT2D eigenvalue weighted by Crippen LogP contribution is -2.31. The number of carboxylic acids is 3. The van der Waals surface area contributed by atoms with E-state index < -0.39 is 57.6 Å². The number of aryl methyl sites for hydroxylation is 6. The van der Waals surface area contributed by atoms with Gasteiger partial charge in [0.1, 0.15) is 10.8 Å². The second-order valence-corrected chi connectivity index (χ2v) is 21.1. The lowest BCUT2D eigenvalue weighted by Gasteiger charge is -2.08. The molecule has 8 rings (SSSR count). The summed E-state index contributed by atoms with van der Waals surface area (Å²) < 4.78 is 24.2. The van der Waals surface area contributed by atoms with Crippen LogP contribution < -0.4 is 45.0 Å². The number of benzene rings is 4. The number of rotatable bonds is 23. The first-order valence-corrected chi connectivity index (χ1v) is 28.5. The Morgan fingerprint density at radius 3 is 1.23 bits per heavy atom. The second kappa shape index (κ2) is 34.7. The number of hydrogen-bond acceptors (Lipinski definition) is 13. The van der Waals surface area contributed by atoms with Gasteiger partial charge in [0.05, 0.1) is 39.7 Å². The zero-order valence-electron chi connectivity index (χ0n) is 49.7. The van der Waals surface area contributed by atoms with Crippen LogP contribution in [0.2, 0.25) is 5.02 Å². The largest absolute Gasteiger partial charge is 0.481 e. The van der Waals surface area contributed by atoms with E-state index >= 15 is 0 Å². The number of hydrogen-bond donors (Lipinski definition) is 7. The molecular formula is C64H68ClFN8O16. The number of ether oxygens (including phenoxy) is 1. The van der Waals surface area contributed by atoms with Crippen molar-refractivity contribution in [2.24, 2.45) is 0 Å². The van der Waals surface area contributed by atoms with Crippen molar-refractivity contribution in [2.45, 2.75) is 111 Å². The Morgan fingerprint density at radius 1 is 0.478 bits per heavy atom. The number of carbonyl (C=O) groups excluding carboxylic acids is 1. The topological polar surface area (TPSA) is 358 Å². The van der Waals surface area contributed by atoms with Crippen molar-refractivity contribution >= 4 is 41.6 Å². The molecule has 0 fully saturated rings. The number of nitrogens with one attached hydrogen (secondary N) is 4. The van der Waals surface area contributed by atoms with E-state index in [1.54, 1.807) is 51.3 Å². The molecule has 4 aromatic carbocycles. The molecule has 0 aliphatic carbocycles. The SMILES string of the molecule is COC(=O)CCCc1ccc(Cn2cc(C)c(=O)[nH]c2=O)cc1.Cc1cn(Cc2ccc(/C=C/CC(=O)O)cc2)c(=O)[nH]c1=O.Cc1cn(Cc2ccc(CCCC(=O)O)c(F)c2)c(=O)[nH]c1=O.O=C(O)CCCc1ccc(Cn2cc(Cl)c(=O)[nH]c2=O)cc1. The molecule has 0 spiro atoms. The van der Waals surface area contributed by atoms with Gasteiger partial charge in [0.2, 0.25) is 0 Å². The van der Waals surface area contributed by atoms with Gasteiger partial charge < -0.3 is 20.1 Å². The van der Waals surface area contributed by atoms with Crippen LogP contribution in [0, 0.1) is 26.6 Å². The number of carbonyl (C=O) groups is 4. The fourth-order valence-corrected chi connectivity index (χ4v) is 8.72. The Morgan fingerprint density at radius 2 is 0.833 bits per heavy atom. The van der Waals surface area contributed by atoms with E-state index in [4.69, 9.17) is 26.9 Å². The van der Waals surface area contributed by atoms with Crippen LogP contribution in [0.25, 0.3) is 6.08 Å². The van der Waals surface area contributed by atoms with Crippen molar-refractivity contribution in [3.63, 3.8) is 0 Å². The highest BCUT2D eigenvalue weighted by molar-refractivity contribution is 6.30. The molecule has 8 aromatic rings. The molecule has 0 saturated heterocycles. The zero-order valence-corrected chi connectivity index (χ0v) is 50.5. The Kier molecular flexibility index (Phi) is 27.1. The van der Waals surface area contributed by atoms with E-state index in [1.165, 1.54) is 50.0 Å². The lowest BCUT2D eigenvalue weighted by atomic mass is 10.1. The summed E-state index contributed by atoms with van der Waals surface area (Å²) >= 11 is 5.71. The standard InChI is InChI=1S/C17H20N2O4.C16H17FN2O4.C16H16N2O4.C15H15ClN2O4/c1-12-10-19(17(22)18-16(12)21)11-14-8-6-13(7-9-14)4-3-5-15(20)23-2;1-10-8-19(16(23)18-15(10)22)9-11-5-6-12(13(17)7-11)3-2-4-14(20)21;1-11-9-18(16(22)17-15(11)21)10-13-7-5-12(6-8-13)3-2-4-14(19)20;16-12-9-18(15(22)17-14(12)21)8-11-6-4-10(5-7-11)2-1-3-13(19)20/h6-10H,3-5,11H2,1-2H3,(H,18,21,22);5-8H,2-4,9H2,1H3,(H,20,21)(H,18,22,23);2-3,5-9H,4,10H2,1H3,(H,19,20)(H,17,21,22);4-7,9H,1-3,8H2,(H,19,20)(H,17,21,22)/b;;3-2+;. The molecule has 4 aromatic heterocycles. The van der Waals surface area contributed by atoms with Gasteiger partial charge in [-0.3, -0.25) is 76.6 Å². The molecule has 7 N–H and O–H groups in total. The van der Waals surface area contributed by atoms with Gasteiger partial charge in [0, 0.05) is 60.7 Å². The van der Waals surface area contributed by atoms with Gasteiger partial charge in [-0.2, -0.15) is 0 Å². The number of nitrogens with zero attached hydrogens (tertiary/aromatic N) is 4. The Balaban J connectivity index is 0.000000218. The smallest absolute Gasteiger partial charge is 0.328 e. The summed E-state index contributed by atoms with van der Waals surface area (Å²) in [6, 6.07) is 27.4. The third-order valence-corrected chi connectivity index (χ3v) is 13.7. The number of carboxylic acid groups (broad SMARTS) is 3. The second-order valence-electron chi connectivity index (χ2n) is 20.7. The van der Waals surface area contributed by atoms with Gasteiger partial charge in [0.15, 0.2) is 0 Å². The molecule has 0 saturated carbocycles. The number of halogens is 2. The highest BCUT2D eigenvalue weighted by atomic mass is 35.5. The number of aliphatic carboxylic acids is 3. The van der Waals surface area contributed by atoms with Crippen LogP contribution in [-0.4, -0.2) is 84.5 Å². The summed E-state index contributed by atoms with van der Waals surface area (Å²) in [5.41, 5.74) is 4.52. The minimum atomic E-state index is -0.908. The number of aromatic amines is 4. The fourth-order valence-electron chi connectivity index (χ4n) is 8.55. The molecule has 0 aliphatic rings. The monoisotopic (exact) mass is 1260 g/mol. The summed E-state index contributed by atoms with van der Waals surface area (Å²) in [5.74, 6) is -3.21. The van der Waals surface area contributed by atoms with Gasteiger partial charge in [0.25, 0.3) is 22.2 Å². The molecular weight excluding hydrogens is 1190 g/mol. The Bertz CT molecular complexity index is 4330. The van der Waals surface area contributed by atoms with E-state index in [0.717, 1.165) is 46.2 Å². The van der Waals surface area contributed by atoms with Crippen LogP contribution >= 0.6 is 11.6 Å². The maximum Gasteiger partial charge on any atom is 0.328 e. The molecule has 90 heavy (non-hydrogen) atoms. The van der Waals surface area contributed by atoms with Crippen molar-refractivity contribution in [1.82, 2.24) is 38.2 Å². The highest BCUT2D eigenvalue weighted by Gasteiger charge is 2.10. The first kappa shape index (κ1) is 70.2. The van der Waals surface area contributed by atoms with Crippen molar-refractivity contribution in [3.8, 4) is 0 Å². The Hall–Kier alpha value is -10.6. The maximum absolute atomic E-state index is 14.0. The van der Waals surface area contributed by atoms with Gasteiger partial charge in [-0.1, -0.05) is 109 Å². The van der Waals surface area contributed by atoms with Crippen LogP contribution in [0.1, 0.15) is 106 Å². The van der Waals surface area contributed by atoms with Crippen molar-refractivity contribution in [3.05, 3.63) is 277 Å². The van der Waals surface area contributed by atoms with Gasteiger partial charge in [-0.15, -0.1) is 0 Å². The van der Waals surface area contributed by atoms with E-state index in [9.17, 15) is 61.9 Å². The van der Waals surface area contributed by atoms with Crippen LogP contribution in [0.3, 0.4) is 0 Å². The summed E-state index contributed by atoms with van der Waals surface area (Å²) in [6.45, 7) is 6.09. The van der Waals surface area contributed by atoms with Crippen LogP contribution in [0.15, 0.2) is 160 Å². The first-order chi connectivity index (χ1) is 42.8. The molecule has 0 amide bonds. The maximum atomic E-state index is 14.0. The van der Waals surface area contributed by atoms with Crippen LogP contribution in [0.5, 0.6) is 0 Å². The third kappa shape index (κ3) is 23.6. The van der Waals surface area contributed by atoms with E-state index in [-0.39, 0.29) is 47.9 Å². The number of H-pyrrole nitrogens is 4. The average Bonchev–Trinajstić information content (AvgIpc) is 1.36. The van der Waals surface area contributed by atoms with Crippen LogP contribution in [0.4, 0.5) is 4.39 Å². The molecule has 0 atom stereocenters. The fraction of sp³-hybridized carbons (Fsp3) is 0.281. The number of aromatic nitrogens is 8. The van der Waals surface area contributed by atoms with Crippen LogP contribution in [-0.2, 0) is 69.4 Å². The predicted molar refractivity (Wildman–Crippen MR) is 334 cm³/mol. The molecule has 26 heteroatoms. The molecule has 0 radical (unpaired) electrons. The van der Waals surface area contributed by atoms with Gasteiger partial charge in [-0.05, 0) is 110 Å². The summed E-state index contributed by atoms with van der Waals surface area (Å²) in [6.07, 6.45) is 13.2. The minimum Gasteiger partial charge on any atom is -0.481 e. The molecule has 24 nitrogen and oxygen atoms in total. The molecule has 0 bridgehead atoms. The number of methoxy groups -OCH3 is 1. The molecule has 474 valence electrons. The lowest BCUT2D eigenvalue weighted by molar-refractivity contribution is -0.141. The predicted octanol–water partition coefficient (Wildman–Crippen LogP) is 5.86. The average molecular weight is 1260 g/mol. The Labute approximate surface area is 516 Å². The molecule has 4 heterocycles. The quantitative estimate of drug-likeness (QED) is 0.0369. The summed E-state index contributed by atoms with van der Waals surface area (Å²) in [5, 5.41) is 25.7. The summed E-state index contributed by atoms with van der Waals surface area (Å²) in [7, 11) is 1.39. The van der Waals surface area contributed by atoms with Gasteiger partial charge in [-0.25, -0.2) is 23.6 Å². The minimum absolute atomic E-state index is 0.00671. The number of esters is 1. The third-order valence-electron chi connectivity index (χ3n) is 13.5. The van der Waals surface area contributed by atoms with E-state index in [2.05, 4.69) is 24.7 Å². The molecule has 0 unspecified atom stereocenters. The van der Waals surface area contributed by atoms with Crippen molar-refractivity contribution < 1.29 is 43.6 Å². The van der Waals surface area contributed by atoms with E-state index in [0.29, 0.717) is 79.6 Å². The van der Waals surface area contributed by atoms with Crippen molar-refractivity contribution in [2.75, 3.05) is 7.11 Å². The molecule has 0 aliphatic heterocycles.